The summed E-state index contributed by atoms with van der Waals surface area (Å²) in [4.78, 5) is 11.1. The minimum atomic E-state index is -6.13. The van der Waals surface area contributed by atoms with Gasteiger partial charge in [0.05, 0.1) is 14.9 Å². The van der Waals surface area contributed by atoms with E-state index in [9.17, 15) is 27.2 Å². The normalized spacial score (nSPS) is 16.1. The Balaban J connectivity index is 0.000000248. The van der Waals surface area contributed by atoms with Gasteiger partial charge in [0.2, 0.25) is 0 Å². The molecule has 0 aliphatic rings. The van der Waals surface area contributed by atoms with Gasteiger partial charge in [-0.1, -0.05) is 120 Å². The molecule has 0 saturated carbocycles. The van der Waals surface area contributed by atoms with Gasteiger partial charge in [-0.05, 0) is 131 Å². The minimum absolute atomic E-state index is 0. The van der Waals surface area contributed by atoms with E-state index in [0.29, 0.717) is 33.7 Å². The van der Waals surface area contributed by atoms with Crippen molar-refractivity contribution in [1.29, 1.82) is 5.26 Å². The Labute approximate surface area is 454 Å². The number of aromatic nitrogens is 2. The Hall–Kier alpha value is -8.08. The van der Waals surface area contributed by atoms with E-state index in [1.54, 1.807) is 30.3 Å². The average molecular weight is 1150 g/mol. The number of pyridine rings is 2. The van der Waals surface area contributed by atoms with Crippen LogP contribution in [-0.2, 0) is 26.0 Å². The third-order valence-corrected chi connectivity index (χ3v) is 11.2. The molecule has 0 spiro atoms. The topological polar surface area (TPSA) is 67.1 Å². The van der Waals surface area contributed by atoms with E-state index in [-0.39, 0.29) is 93.1 Å². The molecule has 0 fully saturated rings. The summed E-state index contributed by atoms with van der Waals surface area (Å²) in [5.74, 6) is -5.57. The summed E-state index contributed by atoms with van der Waals surface area (Å²) in [6, 6.07) is 35.8. The number of nitriles is 1. The molecule has 3 aromatic heterocycles. The van der Waals surface area contributed by atoms with E-state index >= 15 is 0 Å². The van der Waals surface area contributed by atoms with E-state index in [1.165, 1.54) is 24.3 Å². The molecule has 0 saturated heterocycles. The number of aryl methyl sites for hydroxylation is 5. The molecule has 0 unspecified atom stereocenters. The van der Waals surface area contributed by atoms with Crippen molar-refractivity contribution < 1.29 is 72.5 Å². The first kappa shape index (κ1) is 31.3. The number of hydrogen-bond acceptors (Lipinski definition) is 4. The molecular formula is C61H41F5IrN4O-2. The largest absolute Gasteiger partial charge is 0.500 e. The standard InChI is InChI=1S/C39H30NO.C22H11F5N3.Ir/c1-24-19-34(30-16-9-15-29(21-30)28-13-6-5-7-14-28)39-35(20-24)31-17-10-18-32(38(31)41-39)36-22-33(27(4)23-40-36)37-25(2)11-8-12-26(37)3;1-13-12-30-20(10-19(13)21(23,24)22(25,26)27)15-3-4-16(11-28)18(9-15)14-5-7-17(29-2)8-6-14;/h5-17,19-23H,1-4H3;4-10,12H,1H3;/q2*-1;/i1D3,2D3,3D3,4D3;1D3,5D,6D,7D,8D;. The van der Waals surface area contributed by atoms with Gasteiger partial charge in [-0.3, -0.25) is 0 Å². The predicted octanol–water partition coefficient (Wildman–Crippen LogP) is 17.3. The summed E-state index contributed by atoms with van der Waals surface area (Å²) < 4.78 is 228. The van der Waals surface area contributed by atoms with Crippen LogP contribution in [0.15, 0.2) is 162 Å². The minimum Gasteiger partial charge on any atom is -0.500 e. The maximum atomic E-state index is 14.3. The van der Waals surface area contributed by atoms with Gasteiger partial charge in [0.1, 0.15) is 5.58 Å². The molecule has 0 aliphatic heterocycles. The van der Waals surface area contributed by atoms with Gasteiger partial charge in [-0.15, -0.1) is 42.0 Å². The second kappa shape index (κ2) is 20.3. The number of rotatable bonds is 7. The van der Waals surface area contributed by atoms with Crippen LogP contribution in [-0.4, -0.2) is 16.1 Å². The SMILES string of the molecule is [2H]C([2H])([2H])c1cc(-c2cccc(-c3ccccc3)c2)c2oc3c(-c4cc(-c5c(C([2H])([2H])[2H])cccc5C([2H])([2H])[2H])c(C([2H])([2H])[2H])cn4)[c-]ccc3c2c1.[2H]c1c([2H])c(-c2cc(-c3cc(C(F)(F)C(F)(F)F)c(C([2H])([2H])[2H])cn3)[c-]cc2C#N)c([2H])c([2H])c1[N+]#[C-].[Ir]. The quantitative estimate of drug-likeness (QED) is 0.118. The molecule has 3 heterocycles. The molecule has 0 aliphatic carbocycles. The van der Waals surface area contributed by atoms with Crippen LogP contribution >= 0.6 is 0 Å². The first-order chi connectivity index (χ1) is 41.8. The Morgan fingerprint density at radius 3 is 2.04 bits per heavy atom. The van der Waals surface area contributed by atoms with Crippen molar-refractivity contribution >= 4 is 27.6 Å². The third-order valence-electron chi connectivity index (χ3n) is 11.2. The number of hydrogen-bond donors (Lipinski definition) is 0. The van der Waals surface area contributed by atoms with Crippen LogP contribution in [0.3, 0.4) is 0 Å². The van der Waals surface area contributed by atoms with E-state index in [0.717, 1.165) is 29.5 Å². The summed E-state index contributed by atoms with van der Waals surface area (Å²) in [5, 5.41) is 10.5. The van der Waals surface area contributed by atoms with Gasteiger partial charge < -0.3 is 14.4 Å². The first-order valence-electron chi connectivity index (χ1n) is 30.4. The molecule has 10 aromatic rings. The van der Waals surface area contributed by atoms with Crippen molar-refractivity contribution in [1.82, 2.24) is 9.97 Å². The van der Waals surface area contributed by atoms with E-state index in [2.05, 4.69) is 26.9 Å². The molecule has 1 radical (unpaired) electrons. The fraction of sp³-hybridized carbons (Fsp3) is 0.115. The van der Waals surface area contributed by atoms with Crippen LogP contribution in [0.5, 0.6) is 0 Å². The summed E-state index contributed by atoms with van der Waals surface area (Å²) in [5.41, 5.74) is -2.64. The molecule has 11 heteroatoms. The van der Waals surface area contributed by atoms with Crippen molar-refractivity contribution in [3.8, 4) is 73.1 Å². The Kier molecular flexibility index (Phi) is 8.84. The number of alkyl halides is 5. The maximum absolute atomic E-state index is 14.3. The number of nitrogens with zero attached hydrogens (tertiary/aromatic N) is 4. The molecular weight excluding hydrogens is 1090 g/mol. The van der Waals surface area contributed by atoms with Crippen LogP contribution in [0.2, 0.25) is 0 Å². The van der Waals surface area contributed by atoms with Crippen molar-refractivity contribution in [3.05, 3.63) is 220 Å². The van der Waals surface area contributed by atoms with Gasteiger partial charge >= 0.3 is 12.1 Å². The van der Waals surface area contributed by atoms with Crippen LogP contribution in [0.1, 0.15) is 65.0 Å². The molecule has 0 amide bonds. The number of benzene rings is 7. The van der Waals surface area contributed by atoms with Crippen molar-refractivity contribution in [2.45, 2.75) is 46.4 Å². The van der Waals surface area contributed by atoms with E-state index < -0.39 is 98.6 Å². The molecule has 0 atom stereocenters. The van der Waals surface area contributed by atoms with Crippen LogP contribution < -0.4 is 0 Å². The number of halogens is 5. The van der Waals surface area contributed by atoms with Crippen molar-refractivity contribution in [2.75, 3.05) is 0 Å². The fourth-order valence-corrected chi connectivity index (χ4v) is 7.84. The third kappa shape index (κ3) is 9.70. The van der Waals surface area contributed by atoms with Crippen LogP contribution in [0, 0.1) is 64.3 Å². The van der Waals surface area contributed by atoms with Crippen LogP contribution in [0.25, 0.3) is 93.8 Å². The zero-order valence-electron chi connectivity index (χ0n) is 55.6. The predicted molar refractivity (Wildman–Crippen MR) is 271 cm³/mol. The number of fused-ring (bicyclic) bond motifs is 3. The molecule has 5 nitrogen and oxygen atoms in total. The number of furan rings is 1. The van der Waals surface area contributed by atoms with Crippen molar-refractivity contribution in [2.24, 2.45) is 0 Å². The first-order valence-corrected chi connectivity index (χ1v) is 20.9. The summed E-state index contributed by atoms with van der Waals surface area (Å²) in [6.07, 6.45) is -4.69. The Morgan fingerprint density at radius 1 is 0.653 bits per heavy atom. The molecule has 72 heavy (non-hydrogen) atoms. The molecule has 10 rings (SSSR count). The van der Waals surface area contributed by atoms with Gasteiger partial charge in [-0.2, -0.15) is 22.0 Å². The fourth-order valence-electron chi connectivity index (χ4n) is 7.84. The summed E-state index contributed by atoms with van der Waals surface area (Å²) in [6.45, 7) is -7.12. The van der Waals surface area contributed by atoms with Gasteiger partial charge in [0.15, 0.2) is 5.69 Å². The van der Waals surface area contributed by atoms with Gasteiger partial charge in [0.25, 0.3) is 0 Å². The second-order valence-corrected chi connectivity index (χ2v) is 15.7. The van der Waals surface area contributed by atoms with E-state index in [1.807, 2.05) is 54.6 Å². The van der Waals surface area contributed by atoms with E-state index in [4.69, 9.17) is 37.0 Å². The van der Waals surface area contributed by atoms with Gasteiger partial charge in [-0.25, -0.2) is 10.1 Å². The summed E-state index contributed by atoms with van der Waals surface area (Å²) in [7, 11) is 0. The average Bonchev–Trinajstić information content (AvgIpc) is 1.74. The van der Waals surface area contributed by atoms with Crippen molar-refractivity contribution in [3.63, 3.8) is 0 Å². The zero-order chi connectivity index (χ0) is 66.2. The Morgan fingerprint density at radius 2 is 1.35 bits per heavy atom. The smallest absolute Gasteiger partial charge is 0.458 e. The molecule has 357 valence electrons. The maximum Gasteiger partial charge on any atom is 0.458 e. The monoisotopic (exact) mass is 1150 g/mol. The Bertz CT molecular complexity index is 4520. The second-order valence-electron chi connectivity index (χ2n) is 15.7. The molecule has 7 aromatic carbocycles. The van der Waals surface area contributed by atoms with Crippen LogP contribution in [0.4, 0.5) is 27.6 Å². The zero-order valence-corrected chi connectivity index (χ0v) is 39.0. The summed E-state index contributed by atoms with van der Waals surface area (Å²) >= 11 is 0. The molecule has 0 N–H and O–H groups in total. The van der Waals surface area contributed by atoms with Gasteiger partial charge in [0, 0.05) is 78.4 Å². The molecule has 0 bridgehead atoms.